The standard InChI is InChI=1S/C17H24N4O6S/c1-16(2,3)27-15(23)21(24)17(4)13(19-20(6)14(17)22)11-7-9-12(10-8-11)28(25,26)18-5/h7-10,18,24H,1-6H3. The molecule has 1 heterocycles. The van der Waals surface area contributed by atoms with E-state index < -0.39 is 33.2 Å². The molecule has 1 aromatic rings. The van der Waals surface area contributed by atoms with Crippen LogP contribution in [0.1, 0.15) is 33.3 Å². The number of carbonyl (C=O) groups excluding carboxylic acids is 2. The van der Waals surface area contributed by atoms with Crippen molar-refractivity contribution in [3.05, 3.63) is 29.8 Å². The van der Waals surface area contributed by atoms with Crippen LogP contribution >= 0.6 is 0 Å². The number of ether oxygens (including phenoxy) is 1. The number of hydrogen-bond donors (Lipinski definition) is 2. The molecule has 2 rings (SSSR count). The fraction of sp³-hybridized carbons (Fsp3) is 0.471. The average Bonchev–Trinajstić information content (AvgIpc) is 2.84. The van der Waals surface area contributed by atoms with Crippen LogP contribution in [0.15, 0.2) is 34.3 Å². The van der Waals surface area contributed by atoms with Gasteiger partial charge in [-0.15, -0.1) is 0 Å². The first-order valence-electron chi connectivity index (χ1n) is 8.37. The number of hydrogen-bond acceptors (Lipinski definition) is 7. The van der Waals surface area contributed by atoms with Crippen LogP contribution in [-0.2, 0) is 19.6 Å². The molecular weight excluding hydrogens is 388 g/mol. The quantitative estimate of drug-likeness (QED) is 0.564. The lowest BCUT2D eigenvalue weighted by molar-refractivity contribution is -0.161. The van der Waals surface area contributed by atoms with E-state index in [1.165, 1.54) is 45.3 Å². The number of likely N-dealkylation sites (N-methyl/N-ethyl adjacent to an activating group) is 1. The Labute approximate surface area is 163 Å². The first kappa shape index (κ1) is 21.8. The Balaban J connectivity index is 2.46. The van der Waals surface area contributed by atoms with Crippen molar-refractivity contribution >= 4 is 27.7 Å². The number of rotatable bonds is 4. The molecule has 0 spiro atoms. The molecule has 1 atom stereocenters. The summed E-state index contributed by atoms with van der Waals surface area (Å²) in [6.07, 6.45) is -1.11. The molecule has 0 radical (unpaired) electrons. The van der Waals surface area contributed by atoms with E-state index in [0.717, 1.165) is 5.01 Å². The average molecular weight is 412 g/mol. The minimum atomic E-state index is -3.64. The van der Waals surface area contributed by atoms with E-state index in [1.54, 1.807) is 20.8 Å². The van der Waals surface area contributed by atoms with Crippen LogP contribution in [-0.4, -0.2) is 66.6 Å². The minimum Gasteiger partial charge on any atom is -0.442 e. The molecule has 0 fully saturated rings. The Morgan fingerprint density at radius 1 is 1.29 bits per heavy atom. The molecule has 2 amide bonds. The fourth-order valence-electron chi connectivity index (χ4n) is 2.64. The molecule has 0 saturated heterocycles. The van der Waals surface area contributed by atoms with E-state index in [2.05, 4.69) is 9.82 Å². The van der Waals surface area contributed by atoms with Gasteiger partial charge >= 0.3 is 6.09 Å². The first-order valence-corrected chi connectivity index (χ1v) is 9.85. The van der Waals surface area contributed by atoms with Gasteiger partial charge in [-0.3, -0.25) is 10.0 Å². The molecule has 154 valence electrons. The van der Waals surface area contributed by atoms with Gasteiger partial charge in [-0.2, -0.15) is 10.2 Å². The number of hydrazone groups is 1. The summed E-state index contributed by atoms with van der Waals surface area (Å²) in [6.45, 7) is 6.21. The maximum Gasteiger partial charge on any atom is 0.435 e. The van der Waals surface area contributed by atoms with Gasteiger partial charge < -0.3 is 4.74 Å². The van der Waals surface area contributed by atoms with Crippen LogP contribution in [0.3, 0.4) is 0 Å². The van der Waals surface area contributed by atoms with Gasteiger partial charge in [-0.25, -0.2) is 22.9 Å². The van der Waals surface area contributed by atoms with Crippen molar-refractivity contribution in [3.63, 3.8) is 0 Å². The van der Waals surface area contributed by atoms with Crippen LogP contribution in [0.4, 0.5) is 4.79 Å². The summed E-state index contributed by atoms with van der Waals surface area (Å²) in [5, 5.41) is 15.8. The van der Waals surface area contributed by atoms with Crippen LogP contribution in [0.5, 0.6) is 0 Å². The fourth-order valence-corrected chi connectivity index (χ4v) is 3.37. The lowest BCUT2D eigenvalue weighted by Crippen LogP contribution is -2.59. The van der Waals surface area contributed by atoms with Crippen molar-refractivity contribution in [3.8, 4) is 0 Å². The van der Waals surface area contributed by atoms with Crippen LogP contribution in [0.2, 0.25) is 0 Å². The largest absolute Gasteiger partial charge is 0.442 e. The Morgan fingerprint density at radius 3 is 2.29 bits per heavy atom. The predicted octanol–water partition coefficient (Wildman–Crippen LogP) is 1.16. The third kappa shape index (κ3) is 3.86. The first-order chi connectivity index (χ1) is 12.7. The number of nitrogens with zero attached hydrogens (tertiary/aromatic N) is 3. The van der Waals surface area contributed by atoms with Crippen LogP contribution < -0.4 is 4.72 Å². The van der Waals surface area contributed by atoms with E-state index in [-0.39, 0.29) is 15.7 Å². The smallest absolute Gasteiger partial charge is 0.435 e. The molecule has 28 heavy (non-hydrogen) atoms. The summed E-state index contributed by atoms with van der Waals surface area (Å²) in [7, 11) is -0.964. The van der Waals surface area contributed by atoms with E-state index in [1.807, 2.05) is 0 Å². The Bertz CT molecular complexity index is 920. The van der Waals surface area contributed by atoms with Gasteiger partial charge in [-0.05, 0) is 46.9 Å². The number of benzene rings is 1. The topological polar surface area (TPSA) is 129 Å². The molecule has 1 aliphatic rings. The van der Waals surface area contributed by atoms with Gasteiger partial charge in [0.25, 0.3) is 5.91 Å². The molecule has 11 heteroatoms. The second-order valence-electron chi connectivity index (χ2n) is 7.37. The highest BCUT2D eigenvalue weighted by Gasteiger charge is 2.54. The summed E-state index contributed by atoms with van der Waals surface area (Å²) in [6, 6.07) is 5.55. The van der Waals surface area contributed by atoms with E-state index in [9.17, 15) is 23.2 Å². The minimum absolute atomic E-state index is 0.0201. The van der Waals surface area contributed by atoms with Crippen molar-refractivity contribution < 1.29 is 28.0 Å². The molecule has 0 saturated carbocycles. The second-order valence-corrected chi connectivity index (χ2v) is 9.26. The monoisotopic (exact) mass is 412 g/mol. The van der Waals surface area contributed by atoms with Crippen molar-refractivity contribution in [2.45, 2.75) is 43.7 Å². The summed E-state index contributed by atoms with van der Waals surface area (Å²) < 4.78 is 31.1. The number of amides is 2. The van der Waals surface area contributed by atoms with Crippen LogP contribution in [0, 0.1) is 0 Å². The van der Waals surface area contributed by atoms with Gasteiger partial charge in [0.1, 0.15) is 11.3 Å². The van der Waals surface area contributed by atoms with E-state index in [0.29, 0.717) is 5.56 Å². The van der Waals surface area contributed by atoms with E-state index in [4.69, 9.17) is 4.74 Å². The SMILES string of the molecule is CNS(=O)(=O)c1ccc(C2=NN(C)C(=O)C2(C)N(O)C(=O)OC(C)(C)C)cc1. The normalized spacial score (nSPS) is 20.2. The summed E-state index contributed by atoms with van der Waals surface area (Å²) in [5.74, 6) is -0.650. The van der Waals surface area contributed by atoms with Crippen molar-refractivity contribution in [2.24, 2.45) is 5.10 Å². The Kier molecular flexibility index (Phi) is 5.57. The number of carbonyl (C=O) groups is 2. The molecule has 0 bridgehead atoms. The van der Waals surface area contributed by atoms with Gasteiger partial charge in [0.05, 0.1) is 4.90 Å². The maximum atomic E-state index is 12.7. The third-order valence-electron chi connectivity index (χ3n) is 4.12. The van der Waals surface area contributed by atoms with Crippen molar-refractivity contribution in [1.29, 1.82) is 0 Å². The number of sulfonamides is 1. The maximum absolute atomic E-state index is 12.7. The molecule has 0 aliphatic carbocycles. The summed E-state index contributed by atoms with van der Waals surface area (Å²) in [5.41, 5.74) is -2.30. The highest BCUT2D eigenvalue weighted by Crippen LogP contribution is 2.30. The van der Waals surface area contributed by atoms with Gasteiger partial charge in [0.2, 0.25) is 10.0 Å². The van der Waals surface area contributed by atoms with E-state index >= 15 is 0 Å². The highest BCUT2D eigenvalue weighted by atomic mass is 32.2. The summed E-state index contributed by atoms with van der Waals surface area (Å²) >= 11 is 0. The van der Waals surface area contributed by atoms with Crippen molar-refractivity contribution in [1.82, 2.24) is 14.8 Å². The zero-order valence-corrected chi connectivity index (χ0v) is 17.4. The lowest BCUT2D eigenvalue weighted by atomic mass is 9.90. The highest BCUT2D eigenvalue weighted by molar-refractivity contribution is 7.89. The molecule has 10 nitrogen and oxygen atoms in total. The molecule has 2 N–H and O–H groups in total. The molecule has 1 aromatic carbocycles. The van der Waals surface area contributed by atoms with Crippen LogP contribution in [0.25, 0.3) is 0 Å². The number of nitrogens with one attached hydrogen (secondary N) is 1. The zero-order chi connectivity index (χ0) is 21.5. The molecule has 1 unspecified atom stereocenters. The summed E-state index contributed by atoms with van der Waals surface area (Å²) in [4.78, 5) is 25.1. The van der Waals surface area contributed by atoms with Gasteiger partial charge in [0.15, 0.2) is 5.54 Å². The third-order valence-corrected chi connectivity index (χ3v) is 5.55. The van der Waals surface area contributed by atoms with Gasteiger partial charge in [-0.1, -0.05) is 12.1 Å². The predicted molar refractivity (Wildman–Crippen MR) is 100 cm³/mol. The second kappa shape index (κ2) is 7.15. The van der Waals surface area contributed by atoms with Crippen molar-refractivity contribution in [2.75, 3.05) is 14.1 Å². The zero-order valence-electron chi connectivity index (χ0n) is 16.5. The lowest BCUT2D eigenvalue weighted by Gasteiger charge is -2.33. The molecule has 0 aromatic heterocycles. The molecule has 1 aliphatic heterocycles. The molecular formula is C17H24N4O6S. The Morgan fingerprint density at radius 2 is 1.82 bits per heavy atom. The number of hydroxylamine groups is 2. The Hall–Kier alpha value is -2.50. The van der Waals surface area contributed by atoms with Gasteiger partial charge in [0, 0.05) is 12.6 Å².